The van der Waals surface area contributed by atoms with Crippen molar-refractivity contribution in [3.8, 4) is 17.2 Å². The molecule has 2 rings (SSSR count). The highest BCUT2D eigenvalue weighted by molar-refractivity contribution is 7.92. The largest absolute Gasteiger partial charge is 0.497 e. The summed E-state index contributed by atoms with van der Waals surface area (Å²) in [7, 11) is 0.471. The van der Waals surface area contributed by atoms with Crippen LogP contribution in [0, 0.1) is 0 Å². The van der Waals surface area contributed by atoms with E-state index in [1.807, 2.05) is 19.9 Å². The van der Waals surface area contributed by atoms with E-state index >= 15 is 0 Å². The number of amides is 2. The van der Waals surface area contributed by atoms with Gasteiger partial charge >= 0.3 is 0 Å². The van der Waals surface area contributed by atoms with Crippen molar-refractivity contribution in [1.82, 2.24) is 10.2 Å². The van der Waals surface area contributed by atoms with E-state index in [4.69, 9.17) is 14.2 Å². The van der Waals surface area contributed by atoms with Gasteiger partial charge in [0.15, 0.2) is 0 Å². The molecule has 0 radical (unpaired) electrons. The molecular formula is C26H37N3O7S. The van der Waals surface area contributed by atoms with E-state index in [1.165, 1.54) is 32.3 Å². The maximum Gasteiger partial charge on any atom is 0.244 e. The lowest BCUT2D eigenvalue weighted by Gasteiger charge is -2.32. The molecule has 0 aliphatic rings. The first kappa shape index (κ1) is 29.8. The third kappa shape index (κ3) is 8.01. The van der Waals surface area contributed by atoms with E-state index in [-0.39, 0.29) is 29.9 Å². The van der Waals surface area contributed by atoms with Gasteiger partial charge in [-0.25, -0.2) is 8.42 Å². The molecule has 0 aliphatic heterocycles. The number of ether oxygens (including phenoxy) is 3. The summed E-state index contributed by atoms with van der Waals surface area (Å²) in [5, 5.41) is 2.90. The van der Waals surface area contributed by atoms with Crippen LogP contribution < -0.4 is 23.8 Å². The molecule has 0 bridgehead atoms. The van der Waals surface area contributed by atoms with Crippen molar-refractivity contribution in [3.05, 3.63) is 48.0 Å². The summed E-state index contributed by atoms with van der Waals surface area (Å²) in [5.74, 6) is 0.341. The van der Waals surface area contributed by atoms with Gasteiger partial charge in [-0.2, -0.15) is 0 Å². The number of benzene rings is 2. The molecule has 2 atom stereocenters. The Morgan fingerprint density at radius 3 is 2.19 bits per heavy atom. The van der Waals surface area contributed by atoms with Crippen LogP contribution in [-0.2, 0) is 26.2 Å². The fourth-order valence-corrected chi connectivity index (χ4v) is 4.45. The molecule has 0 saturated heterocycles. The Kier molecular flexibility index (Phi) is 10.6. The molecule has 204 valence electrons. The second-order valence-corrected chi connectivity index (χ2v) is 10.6. The number of nitrogens with one attached hydrogen (secondary N) is 1. The van der Waals surface area contributed by atoms with Crippen LogP contribution in [0.25, 0.3) is 0 Å². The van der Waals surface area contributed by atoms with Crippen LogP contribution in [-0.4, -0.2) is 71.3 Å². The van der Waals surface area contributed by atoms with E-state index in [2.05, 4.69) is 5.32 Å². The Bertz CT molecular complexity index is 1190. The van der Waals surface area contributed by atoms with E-state index in [0.717, 1.165) is 22.5 Å². The van der Waals surface area contributed by atoms with Crippen molar-refractivity contribution in [3.63, 3.8) is 0 Å². The Hall–Kier alpha value is -3.47. The van der Waals surface area contributed by atoms with Crippen molar-refractivity contribution >= 4 is 27.5 Å². The summed E-state index contributed by atoms with van der Waals surface area (Å²) in [4.78, 5) is 28.1. The molecule has 0 spiro atoms. The molecule has 11 heteroatoms. The summed E-state index contributed by atoms with van der Waals surface area (Å²) in [5.41, 5.74) is 0.872. The molecule has 10 nitrogen and oxygen atoms in total. The monoisotopic (exact) mass is 535 g/mol. The van der Waals surface area contributed by atoms with Crippen molar-refractivity contribution in [1.29, 1.82) is 0 Å². The Morgan fingerprint density at radius 1 is 0.973 bits per heavy atom. The van der Waals surface area contributed by atoms with Crippen LogP contribution in [0.15, 0.2) is 42.5 Å². The van der Waals surface area contributed by atoms with Gasteiger partial charge in [0, 0.05) is 18.7 Å². The smallest absolute Gasteiger partial charge is 0.244 e. The van der Waals surface area contributed by atoms with E-state index in [1.54, 1.807) is 37.3 Å². The lowest BCUT2D eigenvalue weighted by atomic mass is 10.1. The zero-order chi connectivity index (χ0) is 27.8. The first-order valence-electron chi connectivity index (χ1n) is 11.9. The summed E-state index contributed by atoms with van der Waals surface area (Å²) in [6.45, 7) is 4.96. The minimum Gasteiger partial charge on any atom is -0.497 e. The van der Waals surface area contributed by atoms with Gasteiger partial charge in [-0.1, -0.05) is 19.1 Å². The van der Waals surface area contributed by atoms with Gasteiger partial charge in [-0.05, 0) is 50.1 Å². The molecule has 2 aromatic carbocycles. The molecule has 2 amide bonds. The van der Waals surface area contributed by atoms with E-state index in [9.17, 15) is 18.0 Å². The quantitative estimate of drug-likeness (QED) is 0.419. The van der Waals surface area contributed by atoms with E-state index < -0.39 is 28.5 Å². The second-order valence-electron chi connectivity index (χ2n) is 8.67. The van der Waals surface area contributed by atoms with Gasteiger partial charge in [0.05, 0.1) is 33.3 Å². The number of hydrogen-bond acceptors (Lipinski definition) is 7. The molecule has 0 aliphatic carbocycles. The number of sulfonamides is 1. The SMILES string of the molecule is CC[C@H](C)NC(=O)[C@@H](C)N(Cc1cccc(OC)c1)C(=O)CN(c1cc(OC)ccc1OC)S(C)(=O)=O. The van der Waals surface area contributed by atoms with Crippen LogP contribution in [0.5, 0.6) is 17.2 Å². The number of methoxy groups -OCH3 is 3. The zero-order valence-corrected chi connectivity index (χ0v) is 23.3. The standard InChI is InChI=1S/C26H37N3O7S/c1-8-18(2)27-26(31)19(3)28(16-20-10-9-11-21(14-20)34-4)25(30)17-29(37(7,32)33)23-15-22(35-5)12-13-24(23)36-6/h9-15,18-19H,8,16-17H2,1-7H3,(H,27,31)/t18-,19+/m0/s1. The van der Waals surface area contributed by atoms with Gasteiger partial charge in [0.2, 0.25) is 21.8 Å². The van der Waals surface area contributed by atoms with Crippen LogP contribution in [0.1, 0.15) is 32.8 Å². The lowest BCUT2D eigenvalue weighted by Crippen LogP contribution is -2.52. The molecule has 0 unspecified atom stereocenters. The number of rotatable bonds is 13. The Labute approximate surface area is 219 Å². The van der Waals surface area contributed by atoms with Crippen molar-refractivity contribution in [2.45, 2.75) is 45.8 Å². The third-order valence-corrected chi connectivity index (χ3v) is 7.12. The number of anilines is 1. The van der Waals surface area contributed by atoms with Crippen LogP contribution in [0.3, 0.4) is 0 Å². The molecule has 0 aromatic heterocycles. The van der Waals surface area contributed by atoms with Crippen LogP contribution in [0.4, 0.5) is 5.69 Å². The fourth-order valence-electron chi connectivity index (χ4n) is 3.60. The highest BCUT2D eigenvalue weighted by Gasteiger charge is 2.31. The topological polar surface area (TPSA) is 114 Å². The Balaban J connectivity index is 2.49. The molecular weight excluding hydrogens is 498 g/mol. The maximum atomic E-state index is 13.7. The maximum absolute atomic E-state index is 13.7. The Morgan fingerprint density at radius 2 is 1.62 bits per heavy atom. The third-order valence-electron chi connectivity index (χ3n) is 5.99. The van der Waals surface area contributed by atoms with Crippen molar-refractivity contribution in [2.75, 3.05) is 38.4 Å². The molecule has 1 N–H and O–H groups in total. The van der Waals surface area contributed by atoms with Gasteiger partial charge in [-0.3, -0.25) is 13.9 Å². The van der Waals surface area contributed by atoms with Crippen LogP contribution in [0.2, 0.25) is 0 Å². The summed E-state index contributed by atoms with van der Waals surface area (Å²) >= 11 is 0. The highest BCUT2D eigenvalue weighted by Crippen LogP contribution is 2.34. The van der Waals surface area contributed by atoms with Gasteiger partial charge in [0.1, 0.15) is 29.8 Å². The first-order chi connectivity index (χ1) is 17.4. The van der Waals surface area contributed by atoms with E-state index in [0.29, 0.717) is 11.5 Å². The lowest BCUT2D eigenvalue weighted by molar-refractivity contribution is -0.139. The summed E-state index contributed by atoms with van der Waals surface area (Å²) < 4.78 is 42.6. The highest BCUT2D eigenvalue weighted by atomic mass is 32.2. The number of carbonyl (C=O) groups is 2. The van der Waals surface area contributed by atoms with Gasteiger partial charge < -0.3 is 24.4 Å². The molecule has 0 heterocycles. The predicted molar refractivity (Wildman–Crippen MR) is 143 cm³/mol. The number of nitrogens with zero attached hydrogens (tertiary/aromatic N) is 2. The normalized spacial score (nSPS) is 12.7. The molecule has 0 fully saturated rings. The summed E-state index contributed by atoms with van der Waals surface area (Å²) in [6.07, 6.45) is 1.73. The summed E-state index contributed by atoms with van der Waals surface area (Å²) in [6, 6.07) is 10.8. The van der Waals surface area contributed by atoms with Gasteiger partial charge in [0.25, 0.3) is 0 Å². The van der Waals surface area contributed by atoms with Crippen LogP contribution >= 0.6 is 0 Å². The number of carbonyl (C=O) groups excluding carboxylic acids is 2. The average Bonchev–Trinajstić information content (AvgIpc) is 2.88. The zero-order valence-electron chi connectivity index (χ0n) is 22.5. The minimum absolute atomic E-state index is 0.0674. The second kappa shape index (κ2) is 13.2. The van der Waals surface area contributed by atoms with Crippen molar-refractivity contribution in [2.24, 2.45) is 0 Å². The minimum atomic E-state index is -3.93. The molecule has 2 aromatic rings. The van der Waals surface area contributed by atoms with Crippen molar-refractivity contribution < 1.29 is 32.2 Å². The molecule has 37 heavy (non-hydrogen) atoms. The fraction of sp³-hybridized carbons (Fsp3) is 0.462. The predicted octanol–water partition coefficient (Wildman–Crippen LogP) is 2.81. The first-order valence-corrected chi connectivity index (χ1v) is 13.7. The number of hydrogen-bond donors (Lipinski definition) is 1. The average molecular weight is 536 g/mol. The molecule has 0 saturated carbocycles. The van der Waals surface area contributed by atoms with Gasteiger partial charge in [-0.15, -0.1) is 0 Å².